The molecule has 0 spiro atoms. The summed E-state index contributed by atoms with van der Waals surface area (Å²) in [4.78, 5) is 30.2. The standard InChI is InChI=1S/C18H18N2O2/c1-13(21)20-16-7-3-2-6-15(16)11-17(20)18(22)9-8-14-5-4-10-19-12-14/h2-7,10,12,17H,8-9,11H2,1H3. The van der Waals surface area contributed by atoms with E-state index in [1.54, 1.807) is 17.3 Å². The summed E-state index contributed by atoms with van der Waals surface area (Å²) in [5.74, 6) is 0.0277. The van der Waals surface area contributed by atoms with Gasteiger partial charge in [0, 0.05) is 37.8 Å². The van der Waals surface area contributed by atoms with Crippen molar-refractivity contribution in [1.29, 1.82) is 0 Å². The molecule has 2 aromatic rings. The van der Waals surface area contributed by atoms with Gasteiger partial charge in [-0.05, 0) is 29.7 Å². The first-order valence-corrected chi connectivity index (χ1v) is 7.46. The van der Waals surface area contributed by atoms with Crippen molar-refractivity contribution in [1.82, 2.24) is 4.98 Å². The van der Waals surface area contributed by atoms with Gasteiger partial charge in [-0.15, -0.1) is 0 Å². The Bertz CT molecular complexity index is 697. The van der Waals surface area contributed by atoms with Crippen molar-refractivity contribution in [3.8, 4) is 0 Å². The van der Waals surface area contributed by atoms with Gasteiger partial charge in [0.2, 0.25) is 5.91 Å². The number of pyridine rings is 1. The van der Waals surface area contributed by atoms with Crippen LogP contribution >= 0.6 is 0 Å². The van der Waals surface area contributed by atoms with Gasteiger partial charge in [-0.25, -0.2) is 0 Å². The van der Waals surface area contributed by atoms with Crippen molar-refractivity contribution in [3.63, 3.8) is 0 Å². The van der Waals surface area contributed by atoms with Crippen molar-refractivity contribution in [3.05, 3.63) is 59.9 Å². The molecule has 1 unspecified atom stereocenters. The molecule has 0 radical (unpaired) electrons. The lowest BCUT2D eigenvalue weighted by Crippen LogP contribution is -2.41. The van der Waals surface area contributed by atoms with Crippen LogP contribution in [0.25, 0.3) is 0 Å². The second kappa shape index (κ2) is 6.10. The molecule has 0 aliphatic carbocycles. The average Bonchev–Trinajstić information content (AvgIpc) is 2.93. The van der Waals surface area contributed by atoms with E-state index in [4.69, 9.17) is 0 Å². The largest absolute Gasteiger partial charge is 0.302 e. The number of para-hydroxylation sites is 1. The first-order chi connectivity index (χ1) is 10.7. The Morgan fingerprint density at radius 1 is 1.23 bits per heavy atom. The van der Waals surface area contributed by atoms with Crippen LogP contribution in [0.4, 0.5) is 5.69 Å². The van der Waals surface area contributed by atoms with E-state index in [1.165, 1.54) is 6.92 Å². The molecular weight excluding hydrogens is 276 g/mol. The minimum Gasteiger partial charge on any atom is -0.302 e. The van der Waals surface area contributed by atoms with E-state index in [-0.39, 0.29) is 17.7 Å². The van der Waals surface area contributed by atoms with Gasteiger partial charge < -0.3 is 4.90 Å². The highest BCUT2D eigenvalue weighted by molar-refractivity contribution is 6.03. The highest BCUT2D eigenvalue weighted by Gasteiger charge is 2.35. The van der Waals surface area contributed by atoms with E-state index < -0.39 is 0 Å². The van der Waals surface area contributed by atoms with E-state index in [9.17, 15) is 9.59 Å². The Morgan fingerprint density at radius 3 is 2.77 bits per heavy atom. The van der Waals surface area contributed by atoms with Crippen LogP contribution in [0.2, 0.25) is 0 Å². The summed E-state index contributed by atoms with van der Waals surface area (Å²) in [6.45, 7) is 1.52. The van der Waals surface area contributed by atoms with E-state index in [0.29, 0.717) is 19.3 Å². The van der Waals surface area contributed by atoms with Crippen LogP contribution in [0.15, 0.2) is 48.8 Å². The fraction of sp³-hybridized carbons (Fsp3) is 0.278. The summed E-state index contributed by atoms with van der Waals surface area (Å²) < 4.78 is 0. The average molecular weight is 294 g/mol. The number of nitrogens with zero attached hydrogens (tertiary/aromatic N) is 2. The molecule has 22 heavy (non-hydrogen) atoms. The summed E-state index contributed by atoms with van der Waals surface area (Å²) >= 11 is 0. The molecule has 0 saturated heterocycles. The Balaban J connectivity index is 1.74. The second-order valence-electron chi connectivity index (χ2n) is 5.57. The van der Waals surface area contributed by atoms with Crippen LogP contribution in [0.3, 0.4) is 0 Å². The highest BCUT2D eigenvalue weighted by atomic mass is 16.2. The normalized spacial score (nSPS) is 16.4. The van der Waals surface area contributed by atoms with Gasteiger partial charge in [0.1, 0.15) is 0 Å². The van der Waals surface area contributed by atoms with Crippen molar-refractivity contribution in [2.24, 2.45) is 0 Å². The Morgan fingerprint density at radius 2 is 2.05 bits per heavy atom. The number of amides is 1. The van der Waals surface area contributed by atoms with Gasteiger partial charge in [0.25, 0.3) is 0 Å². The van der Waals surface area contributed by atoms with E-state index in [1.807, 2.05) is 36.4 Å². The highest BCUT2D eigenvalue weighted by Crippen LogP contribution is 2.32. The molecule has 2 heterocycles. The first-order valence-electron chi connectivity index (χ1n) is 7.46. The van der Waals surface area contributed by atoms with Crippen LogP contribution in [-0.2, 0) is 22.4 Å². The lowest BCUT2D eigenvalue weighted by molar-refractivity contribution is -0.124. The molecule has 1 amide bonds. The molecule has 1 aromatic heterocycles. The maximum absolute atomic E-state index is 12.6. The minimum absolute atomic E-state index is 0.0790. The van der Waals surface area contributed by atoms with Gasteiger partial charge in [-0.1, -0.05) is 24.3 Å². The van der Waals surface area contributed by atoms with E-state index in [0.717, 1.165) is 16.8 Å². The van der Waals surface area contributed by atoms with Gasteiger partial charge in [0.15, 0.2) is 5.78 Å². The molecule has 0 fully saturated rings. The molecule has 1 aliphatic rings. The monoisotopic (exact) mass is 294 g/mol. The Kier molecular flexibility index (Phi) is 4.00. The number of rotatable bonds is 4. The fourth-order valence-electron chi connectivity index (χ4n) is 3.01. The topological polar surface area (TPSA) is 50.3 Å². The predicted octanol–water partition coefficient (Wildman–Crippen LogP) is 2.56. The number of Topliss-reactive ketones (excluding diaryl/α,β-unsaturated/α-hetero) is 1. The van der Waals surface area contributed by atoms with Crippen molar-refractivity contribution >= 4 is 17.4 Å². The number of carbonyl (C=O) groups is 2. The molecule has 0 N–H and O–H groups in total. The number of ketones is 1. The third-order valence-corrected chi connectivity index (χ3v) is 4.07. The number of aromatic nitrogens is 1. The SMILES string of the molecule is CC(=O)N1c2ccccc2CC1C(=O)CCc1cccnc1. The molecule has 4 nitrogen and oxygen atoms in total. The Labute approximate surface area is 129 Å². The summed E-state index contributed by atoms with van der Waals surface area (Å²) in [5, 5.41) is 0. The quantitative estimate of drug-likeness (QED) is 0.871. The van der Waals surface area contributed by atoms with Crippen molar-refractivity contribution in [2.45, 2.75) is 32.2 Å². The number of anilines is 1. The number of hydrogen-bond donors (Lipinski definition) is 0. The Hall–Kier alpha value is -2.49. The van der Waals surface area contributed by atoms with Gasteiger partial charge in [-0.2, -0.15) is 0 Å². The van der Waals surface area contributed by atoms with Gasteiger partial charge >= 0.3 is 0 Å². The number of fused-ring (bicyclic) bond motifs is 1. The molecule has 0 saturated carbocycles. The molecule has 0 bridgehead atoms. The summed E-state index contributed by atoms with van der Waals surface area (Å²) in [6.07, 6.45) is 5.19. The first kappa shape index (κ1) is 14.4. The van der Waals surface area contributed by atoms with E-state index >= 15 is 0 Å². The maximum atomic E-state index is 12.6. The third-order valence-electron chi connectivity index (χ3n) is 4.07. The predicted molar refractivity (Wildman–Crippen MR) is 84.7 cm³/mol. The van der Waals surface area contributed by atoms with Gasteiger partial charge in [-0.3, -0.25) is 14.6 Å². The number of aryl methyl sites for hydroxylation is 1. The number of benzene rings is 1. The molecule has 4 heteroatoms. The van der Waals surface area contributed by atoms with E-state index in [2.05, 4.69) is 4.98 Å². The molecule has 1 aliphatic heterocycles. The van der Waals surface area contributed by atoms with Crippen LogP contribution in [-0.4, -0.2) is 22.7 Å². The number of carbonyl (C=O) groups excluding carboxylic acids is 2. The zero-order chi connectivity index (χ0) is 15.5. The molecular formula is C18H18N2O2. The van der Waals surface area contributed by atoms with Crippen LogP contribution in [0.1, 0.15) is 24.5 Å². The van der Waals surface area contributed by atoms with Crippen molar-refractivity contribution in [2.75, 3.05) is 4.90 Å². The molecule has 1 aromatic carbocycles. The van der Waals surface area contributed by atoms with Crippen LogP contribution in [0, 0.1) is 0 Å². The van der Waals surface area contributed by atoms with Gasteiger partial charge in [0.05, 0.1) is 6.04 Å². The van der Waals surface area contributed by atoms with Crippen LogP contribution in [0.5, 0.6) is 0 Å². The van der Waals surface area contributed by atoms with Crippen molar-refractivity contribution < 1.29 is 9.59 Å². The zero-order valence-corrected chi connectivity index (χ0v) is 12.5. The minimum atomic E-state index is -0.369. The lowest BCUT2D eigenvalue weighted by Gasteiger charge is -2.23. The molecule has 3 rings (SSSR count). The third kappa shape index (κ3) is 2.77. The zero-order valence-electron chi connectivity index (χ0n) is 12.5. The summed E-state index contributed by atoms with van der Waals surface area (Å²) in [6, 6.07) is 11.2. The summed E-state index contributed by atoms with van der Waals surface area (Å²) in [7, 11) is 0. The number of hydrogen-bond acceptors (Lipinski definition) is 3. The summed E-state index contributed by atoms with van der Waals surface area (Å²) in [5.41, 5.74) is 2.98. The fourth-order valence-corrected chi connectivity index (χ4v) is 3.01. The smallest absolute Gasteiger partial charge is 0.224 e. The second-order valence-corrected chi connectivity index (χ2v) is 5.57. The molecule has 112 valence electrons. The maximum Gasteiger partial charge on any atom is 0.224 e. The molecule has 1 atom stereocenters. The van der Waals surface area contributed by atoms with Crippen LogP contribution < -0.4 is 4.90 Å². The lowest BCUT2D eigenvalue weighted by atomic mass is 10.0.